The zero-order valence-corrected chi connectivity index (χ0v) is 15.7. The van der Waals surface area contributed by atoms with Crippen molar-refractivity contribution in [3.8, 4) is 0 Å². The fourth-order valence-corrected chi connectivity index (χ4v) is 3.58. The van der Waals surface area contributed by atoms with Crippen molar-refractivity contribution in [2.24, 2.45) is 11.8 Å². The van der Waals surface area contributed by atoms with Crippen molar-refractivity contribution in [2.75, 3.05) is 6.61 Å². The Morgan fingerprint density at radius 2 is 2.04 bits per heavy atom. The molecule has 0 saturated heterocycles. The van der Waals surface area contributed by atoms with Gasteiger partial charge in [0, 0.05) is 6.04 Å². The molecule has 1 N–H and O–H groups in total. The van der Waals surface area contributed by atoms with E-state index in [4.69, 9.17) is 4.74 Å². The summed E-state index contributed by atoms with van der Waals surface area (Å²) in [5, 5.41) is 3.39. The van der Waals surface area contributed by atoms with Crippen molar-refractivity contribution < 1.29 is 14.3 Å². The van der Waals surface area contributed by atoms with E-state index in [1.165, 1.54) is 17.3 Å². The van der Waals surface area contributed by atoms with Crippen LogP contribution < -0.4 is 10.9 Å². The number of nitrogens with zero attached hydrogens (tertiary/aromatic N) is 2. The molecule has 1 aromatic carbocycles. The van der Waals surface area contributed by atoms with Gasteiger partial charge in [-0.1, -0.05) is 38.8 Å². The second-order valence-electron chi connectivity index (χ2n) is 7.30. The van der Waals surface area contributed by atoms with Crippen molar-refractivity contribution in [3.05, 3.63) is 40.9 Å². The lowest BCUT2D eigenvalue weighted by atomic mass is 9.78. The minimum absolute atomic E-state index is 0.118. The fourth-order valence-electron chi connectivity index (χ4n) is 3.58. The average Bonchev–Trinajstić information content (AvgIpc) is 2.66. The van der Waals surface area contributed by atoms with Crippen LogP contribution in [0.25, 0.3) is 10.9 Å². The molecule has 1 amide bonds. The van der Waals surface area contributed by atoms with Gasteiger partial charge in [-0.25, -0.2) is 4.98 Å². The summed E-state index contributed by atoms with van der Waals surface area (Å²) in [6.45, 7) is 3.71. The van der Waals surface area contributed by atoms with E-state index in [0.717, 1.165) is 12.8 Å². The molecule has 1 aliphatic carbocycles. The van der Waals surface area contributed by atoms with Crippen LogP contribution in [0.5, 0.6) is 0 Å². The van der Waals surface area contributed by atoms with E-state index in [1.807, 2.05) is 0 Å². The molecule has 1 saturated carbocycles. The Morgan fingerprint density at radius 1 is 1.26 bits per heavy atom. The number of carbonyl (C=O) groups excluding carboxylic acids is 2. The highest BCUT2D eigenvalue weighted by Crippen LogP contribution is 2.29. The largest absolute Gasteiger partial charge is 0.454 e. The molecule has 3 atom stereocenters. The van der Waals surface area contributed by atoms with Gasteiger partial charge in [-0.15, -0.1) is 0 Å². The Morgan fingerprint density at radius 3 is 2.85 bits per heavy atom. The molecular formula is C20H25N3O4. The number of hydrogen-bond donors (Lipinski definition) is 1. The summed E-state index contributed by atoms with van der Waals surface area (Å²) in [7, 11) is 0. The van der Waals surface area contributed by atoms with E-state index in [9.17, 15) is 14.4 Å². The first-order chi connectivity index (χ1) is 13.0. The first-order valence-corrected chi connectivity index (χ1v) is 9.35. The molecular weight excluding hydrogens is 346 g/mol. The summed E-state index contributed by atoms with van der Waals surface area (Å²) in [4.78, 5) is 40.6. The van der Waals surface area contributed by atoms with Crippen LogP contribution in [0.4, 0.5) is 0 Å². The van der Waals surface area contributed by atoms with Gasteiger partial charge in [-0.05, 0) is 30.4 Å². The summed E-state index contributed by atoms with van der Waals surface area (Å²) < 4.78 is 6.23. The molecule has 1 fully saturated rings. The zero-order valence-electron chi connectivity index (χ0n) is 15.7. The maximum atomic E-state index is 12.4. The van der Waals surface area contributed by atoms with Crippen LogP contribution in [-0.4, -0.2) is 34.1 Å². The zero-order chi connectivity index (χ0) is 19.4. The van der Waals surface area contributed by atoms with E-state index >= 15 is 0 Å². The number of amides is 1. The van der Waals surface area contributed by atoms with E-state index < -0.39 is 5.97 Å². The van der Waals surface area contributed by atoms with Gasteiger partial charge in [-0.3, -0.25) is 19.0 Å². The van der Waals surface area contributed by atoms with Crippen LogP contribution in [0.1, 0.15) is 33.1 Å². The Kier molecular flexibility index (Phi) is 5.88. The number of rotatable bonds is 5. The number of para-hydroxylation sites is 1. The van der Waals surface area contributed by atoms with Gasteiger partial charge in [0.1, 0.15) is 6.54 Å². The molecule has 0 spiro atoms. The highest BCUT2D eigenvalue weighted by Gasteiger charge is 2.28. The first-order valence-electron chi connectivity index (χ1n) is 9.35. The number of fused-ring (bicyclic) bond motifs is 1. The maximum absolute atomic E-state index is 12.4. The quantitative estimate of drug-likeness (QED) is 0.811. The molecule has 27 heavy (non-hydrogen) atoms. The number of carbonyl (C=O) groups is 2. The van der Waals surface area contributed by atoms with Gasteiger partial charge < -0.3 is 10.1 Å². The van der Waals surface area contributed by atoms with Crippen molar-refractivity contribution >= 4 is 22.8 Å². The molecule has 1 aliphatic rings. The number of hydrogen-bond acceptors (Lipinski definition) is 5. The predicted molar refractivity (Wildman–Crippen MR) is 101 cm³/mol. The average molecular weight is 371 g/mol. The summed E-state index contributed by atoms with van der Waals surface area (Å²) in [5.74, 6) is 0.0206. The Labute approximate surface area is 157 Å². The summed E-state index contributed by atoms with van der Waals surface area (Å²) >= 11 is 0. The number of nitrogens with one attached hydrogen (secondary N) is 1. The van der Waals surface area contributed by atoms with Gasteiger partial charge >= 0.3 is 5.97 Å². The number of ether oxygens (including phenoxy) is 1. The van der Waals surface area contributed by atoms with Gasteiger partial charge in [0.2, 0.25) is 0 Å². The van der Waals surface area contributed by atoms with Crippen molar-refractivity contribution in [3.63, 3.8) is 0 Å². The van der Waals surface area contributed by atoms with Crippen LogP contribution in [0.3, 0.4) is 0 Å². The van der Waals surface area contributed by atoms with E-state index in [2.05, 4.69) is 24.1 Å². The maximum Gasteiger partial charge on any atom is 0.326 e. The van der Waals surface area contributed by atoms with Crippen LogP contribution in [0.15, 0.2) is 35.4 Å². The topological polar surface area (TPSA) is 90.3 Å². The smallest absolute Gasteiger partial charge is 0.326 e. The first kappa shape index (κ1) is 19.1. The molecule has 0 radical (unpaired) electrons. The standard InChI is InChI=1S/C20H25N3O4/c1-13-6-5-9-16(14(13)2)22-18(24)11-27-19(25)10-23-12-21-17-8-4-3-7-15(17)20(23)26/h3-4,7-8,12-14,16H,5-6,9-11H2,1-2H3,(H,22,24)/t13-,14+,16+/m0/s1. The summed E-state index contributed by atoms with van der Waals surface area (Å²) in [5.41, 5.74) is 0.259. The SMILES string of the molecule is C[C@@H]1[C@@H](C)CCC[C@H]1NC(=O)COC(=O)Cn1cnc2ccccc2c1=O. The van der Waals surface area contributed by atoms with Gasteiger partial charge in [0.25, 0.3) is 11.5 Å². The number of aromatic nitrogens is 2. The summed E-state index contributed by atoms with van der Waals surface area (Å²) in [6.07, 6.45) is 4.53. The fraction of sp³-hybridized carbons (Fsp3) is 0.500. The normalized spacial score (nSPS) is 22.4. The van der Waals surface area contributed by atoms with E-state index in [1.54, 1.807) is 24.3 Å². The third-order valence-corrected chi connectivity index (χ3v) is 5.45. The molecule has 3 rings (SSSR count). The van der Waals surface area contributed by atoms with Crippen LogP contribution in [-0.2, 0) is 20.9 Å². The predicted octanol–water partition coefficient (Wildman–Crippen LogP) is 1.88. The van der Waals surface area contributed by atoms with Crippen LogP contribution >= 0.6 is 0 Å². The van der Waals surface area contributed by atoms with Gasteiger partial charge in [-0.2, -0.15) is 0 Å². The third-order valence-electron chi connectivity index (χ3n) is 5.45. The lowest BCUT2D eigenvalue weighted by Crippen LogP contribution is -2.45. The Balaban J connectivity index is 1.53. The third kappa shape index (κ3) is 4.53. The van der Waals surface area contributed by atoms with Crippen molar-refractivity contribution in [2.45, 2.75) is 45.7 Å². The van der Waals surface area contributed by atoms with Crippen molar-refractivity contribution in [1.82, 2.24) is 14.9 Å². The van der Waals surface area contributed by atoms with E-state index in [-0.39, 0.29) is 30.7 Å². The highest BCUT2D eigenvalue weighted by atomic mass is 16.5. The lowest BCUT2D eigenvalue weighted by Gasteiger charge is -2.34. The molecule has 2 aromatic rings. The van der Waals surface area contributed by atoms with Gasteiger partial charge in [0.15, 0.2) is 6.61 Å². The van der Waals surface area contributed by atoms with Crippen LogP contribution in [0, 0.1) is 11.8 Å². The molecule has 0 unspecified atom stereocenters. The molecule has 7 nitrogen and oxygen atoms in total. The highest BCUT2D eigenvalue weighted by molar-refractivity contribution is 5.81. The number of benzene rings is 1. The lowest BCUT2D eigenvalue weighted by molar-refractivity contribution is -0.149. The molecule has 0 aliphatic heterocycles. The second kappa shape index (κ2) is 8.33. The second-order valence-corrected chi connectivity index (χ2v) is 7.30. The Bertz CT molecular complexity index is 892. The molecule has 0 bridgehead atoms. The minimum atomic E-state index is -0.644. The summed E-state index contributed by atoms with van der Waals surface area (Å²) in [6, 6.07) is 7.04. The molecule has 1 heterocycles. The minimum Gasteiger partial charge on any atom is -0.454 e. The number of esters is 1. The molecule has 1 aromatic heterocycles. The monoisotopic (exact) mass is 371 g/mol. The van der Waals surface area contributed by atoms with Gasteiger partial charge in [0.05, 0.1) is 17.2 Å². The van der Waals surface area contributed by atoms with E-state index in [0.29, 0.717) is 22.7 Å². The Hall–Kier alpha value is -2.70. The molecule has 7 heteroatoms. The molecule has 144 valence electrons. The van der Waals surface area contributed by atoms with Crippen LogP contribution in [0.2, 0.25) is 0 Å². The van der Waals surface area contributed by atoms with Crippen molar-refractivity contribution in [1.29, 1.82) is 0 Å².